The summed E-state index contributed by atoms with van der Waals surface area (Å²) in [6, 6.07) is 26.2. The van der Waals surface area contributed by atoms with E-state index < -0.39 is 6.04 Å². The molecule has 0 aliphatic carbocycles. The minimum atomic E-state index is -0.741. The molecule has 0 fully saturated rings. The molecule has 0 bridgehead atoms. The van der Waals surface area contributed by atoms with Gasteiger partial charge in [-0.3, -0.25) is 14.2 Å². The van der Waals surface area contributed by atoms with Gasteiger partial charge in [0.15, 0.2) is 4.80 Å². The Morgan fingerprint density at radius 3 is 2.40 bits per heavy atom. The number of ether oxygens (including phenoxy) is 2. The summed E-state index contributed by atoms with van der Waals surface area (Å²) in [5, 5.41) is 4.46. The Morgan fingerprint density at radius 2 is 1.68 bits per heavy atom. The number of hydrogen-bond donors (Lipinski definition) is 1. The zero-order valence-electron chi connectivity index (χ0n) is 25.3. The third-order valence-electron chi connectivity index (χ3n) is 7.46. The largest absolute Gasteiger partial charge is 0.494 e. The molecule has 0 unspecified atom stereocenters. The third kappa shape index (κ3) is 7.16. The fraction of sp³-hybridized carbons (Fsp3) is 0.139. The molecule has 238 valence electrons. The fourth-order valence-corrected chi connectivity index (χ4v) is 6.94. The van der Waals surface area contributed by atoms with Crippen molar-refractivity contribution in [2.75, 3.05) is 11.9 Å². The minimum Gasteiger partial charge on any atom is -0.494 e. The van der Waals surface area contributed by atoms with E-state index in [1.165, 1.54) is 11.3 Å². The Balaban J connectivity index is 1.43. The molecular formula is C36H28Cl3N3O4S. The third-order valence-corrected chi connectivity index (χ3v) is 9.27. The lowest BCUT2D eigenvalue weighted by molar-refractivity contribution is -0.113. The molecule has 1 aromatic heterocycles. The van der Waals surface area contributed by atoms with Crippen molar-refractivity contribution in [2.45, 2.75) is 26.5 Å². The van der Waals surface area contributed by atoms with Crippen molar-refractivity contribution in [1.82, 2.24) is 4.57 Å². The van der Waals surface area contributed by atoms with Crippen LogP contribution in [-0.4, -0.2) is 17.1 Å². The van der Waals surface area contributed by atoms with Gasteiger partial charge in [-0.1, -0.05) is 82.5 Å². The second-order valence-electron chi connectivity index (χ2n) is 10.6. The fourth-order valence-electron chi connectivity index (χ4n) is 5.26. The monoisotopic (exact) mass is 703 g/mol. The van der Waals surface area contributed by atoms with Crippen molar-refractivity contribution in [3.8, 4) is 11.5 Å². The van der Waals surface area contributed by atoms with Crippen LogP contribution in [0.3, 0.4) is 0 Å². The van der Waals surface area contributed by atoms with E-state index in [4.69, 9.17) is 49.3 Å². The first-order valence-electron chi connectivity index (χ1n) is 14.7. The number of thiazole rings is 1. The zero-order valence-corrected chi connectivity index (χ0v) is 28.4. The lowest BCUT2D eigenvalue weighted by Crippen LogP contribution is -2.40. The summed E-state index contributed by atoms with van der Waals surface area (Å²) in [7, 11) is 0. The average Bonchev–Trinajstić information content (AvgIpc) is 3.35. The molecule has 6 rings (SSSR count). The molecular weight excluding hydrogens is 677 g/mol. The van der Waals surface area contributed by atoms with Gasteiger partial charge in [0.1, 0.15) is 18.1 Å². The number of para-hydroxylation sites is 1. The first kappa shape index (κ1) is 32.6. The van der Waals surface area contributed by atoms with Crippen LogP contribution < -0.4 is 29.7 Å². The Hall–Kier alpha value is -4.34. The average molecular weight is 705 g/mol. The minimum absolute atomic E-state index is 0.177. The molecule has 7 nitrogen and oxygen atoms in total. The molecule has 4 aromatic carbocycles. The van der Waals surface area contributed by atoms with E-state index in [1.54, 1.807) is 66.1 Å². The van der Waals surface area contributed by atoms with Gasteiger partial charge in [0, 0.05) is 31.9 Å². The lowest BCUT2D eigenvalue weighted by atomic mass is 9.95. The number of nitrogens with zero attached hydrogens (tertiary/aromatic N) is 2. The van der Waals surface area contributed by atoms with Gasteiger partial charge < -0.3 is 14.8 Å². The van der Waals surface area contributed by atoms with Crippen LogP contribution in [0.2, 0.25) is 15.1 Å². The van der Waals surface area contributed by atoms with Crippen molar-refractivity contribution >= 4 is 63.8 Å². The van der Waals surface area contributed by atoms with E-state index in [-0.39, 0.29) is 18.1 Å². The standard InChI is InChI=1S/C36H28Cl3N3O4S/c1-3-45-28-14-10-22(11-15-28)33-32(34(43)41-27-7-5-4-6-8-27)21(2)40-36-42(33)35(44)31(47-36)18-24-17-25(37)13-16-30(24)46-20-23-9-12-26(38)19-29(23)39/h4-19,33H,3,20H2,1-2H3,(H,41,43)/b31-18-/t33-/m1/s1. The summed E-state index contributed by atoms with van der Waals surface area (Å²) in [5.41, 5.74) is 3.29. The summed E-state index contributed by atoms with van der Waals surface area (Å²) in [6.07, 6.45) is 1.73. The molecule has 1 atom stereocenters. The summed E-state index contributed by atoms with van der Waals surface area (Å²) in [5.74, 6) is 0.846. The van der Waals surface area contributed by atoms with Crippen LogP contribution in [0.15, 0.2) is 112 Å². The molecule has 1 amide bonds. The van der Waals surface area contributed by atoms with Crippen LogP contribution in [0, 0.1) is 0 Å². The van der Waals surface area contributed by atoms with Crippen molar-refractivity contribution < 1.29 is 14.3 Å². The number of carbonyl (C=O) groups excluding carboxylic acids is 1. The van der Waals surface area contributed by atoms with Gasteiger partial charge in [0.25, 0.3) is 11.5 Å². The van der Waals surface area contributed by atoms with Crippen LogP contribution >= 0.6 is 46.1 Å². The number of carbonyl (C=O) groups is 1. The normalized spacial score (nSPS) is 14.4. The van der Waals surface area contributed by atoms with Crippen LogP contribution in [0.1, 0.15) is 36.6 Å². The number of allylic oxidation sites excluding steroid dienone is 1. The molecule has 1 N–H and O–H groups in total. The summed E-state index contributed by atoms with van der Waals surface area (Å²) >= 11 is 20.0. The van der Waals surface area contributed by atoms with Crippen LogP contribution in [0.4, 0.5) is 5.69 Å². The predicted molar refractivity (Wildman–Crippen MR) is 189 cm³/mol. The molecule has 2 heterocycles. The number of anilines is 1. The first-order valence-corrected chi connectivity index (χ1v) is 16.6. The Kier molecular flexibility index (Phi) is 9.84. The van der Waals surface area contributed by atoms with Gasteiger partial charge in [-0.05, 0) is 80.1 Å². The van der Waals surface area contributed by atoms with Gasteiger partial charge in [0.05, 0.1) is 28.5 Å². The highest BCUT2D eigenvalue weighted by atomic mass is 35.5. The molecule has 0 saturated carbocycles. The second-order valence-corrected chi connectivity index (χ2v) is 12.9. The van der Waals surface area contributed by atoms with E-state index in [1.807, 2.05) is 49.4 Å². The molecule has 1 aliphatic heterocycles. The quantitative estimate of drug-likeness (QED) is 0.170. The molecule has 5 aromatic rings. The van der Waals surface area contributed by atoms with Crippen molar-refractivity contribution in [1.29, 1.82) is 0 Å². The number of aromatic nitrogens is 1. The summed E-state index contributed by atoms with van der Waals surface area (Å²) in [6.45, 7) is 4.38. The van der Waals surface area contributed by atoms with E-state index in [2.05, 4.69) is 5.32 Å². The van der Waals surface area contributed by atoms with Crippen molar-refractivity contribution in [2.24, 2.45) is 4.99 Å². The predicted octanol–water partition coefficient (Wildman–Crippen LogP) is 7.81. The van der Waals surface area contributed by atoms with E-state index >= 15 is 0 Å². The van der Waals surface area contributed by atoms with Crippen molar-refractivity contribution in [3.63, 3.8) is 0 Å². The molecule has 11 heteroatoms. The van der Waals surface area contributed by atoms with Crippen LogP contribution in [-0.2, 0) is 11.4 Å². The summed E-state index contributed by atoms with van der Waals surface area (Å²) in [4.78, 5) is 33.3. The number of rotatable bonds is 9. The summed E-state index contributed by atoms with van der Waals surface area (Å²) < 4.78 is 13.8. The molecule has 47 heavy (non-hydrogen) atoms. The van der Waals surface area contributed by atoms with Gasteiger partial charge in [-0.15, -0.1) is 0 Å². The van der Waals surface area contributed by atoms with Crippen molar-refractivity contribution in [3.05, 3.63) is 154 Å². The Bertz CT molecular complexity index is 2180. The lowest BCUT2D eigenvalue weighted by Gasteiger charge is -2.25. The first-order chi connectivity index (χ1) is 22.7. The smallest absolute Gasteiger partial charge is 0.271 e. The number of hydrogen-bond acceptors (Lipinski definition) is 6. The maximum Gasteiger partial charge on any atom is 0.271 e. The molecule has 0 radical (unpaired) electrons. The SMILES string of the molecule is CCOc1ccc([C@@H]2C(C(=O)Nc3ccccc3)=C(C)N=c3s/c(=C\c4cc(Cl)ccc4OCc4ccc(Cl)cc4Cl)c(=O)n32)cc1. The van der Waals surface area contributed by atoms with Crippen LogP contribution in [0.5, 0.6) is 11.5 Å². The van der Waals surface area contributed by atoms with Crippen LogP contribution in [0.25, 0.3) is 6.08 Å². The van der Waals surface area contributed by atoms with E-state index in [0.29, 0.717) is 65.0 Å². The topological polar surface area (TPSA) is 81.9 Å². The number of halogens is 3. The maximum atomic E-state index is 14.3. The van der Waals surface area contributed by atoms with E-state index in [9.17, 15) is 9.59 Å². The number of fused-ring (bicyclic) bond motifs is 1. The van der Waals surface area contributed by atoms with Gasteiger partial charge in [0.2, 0.25) is 0 Å². The molecule has 0 spiro atoms. The highest BCUT2D eigenvalue weighted by Gasteiger charge is 2.32. The second kappa shape index (κ2) is 14.2. The van der Waals surface area contributed by atoms with Gasteiger partial charge in [-0.2, -0.15) is 0 Å². The highest BCUT2D eigenvalue weighted by Crippen LogP contribution is 2.32. The number of amides is 1. The Morgan fingerprint density at radius 1 is 0.957 bits per heavy atom. The zero-order chi connectivity index (χ0) is 33.1. The van der Waals surface area contributed by atoms with Gasteiger partial charge >= 0.3 is 0 Å². The highest BCUT2D eigenvalue weighted by molar-refractivity contribution is 7.07. The molecule has 1 aliphatic rings. The number of benzene rings is 4. The molecule has 0 saturated heterocycles. The van der Waals surface area contributed by atoms with Gasteiger partial charge in [-0.25, -0.2) is 4.99 Å². The Labute approximate surface area is 290 Å². The maximum absolute atomic E-state index is 14.3. The number of nitrogens with one attached hydrogen (secondary N) is 1. The van der Waals surface area contributed by atoms with E-state index in [0.717, 1.165) is 11.1 Å².